The normalized spacial score (nSPS) is 12.7. The molecule has 1 aromatic carbocycles. The summed E-state index contributed by atoms with van der Waals surface area (Å²) in [6, 6.07) is 9.24. The van der Waals surface area contributed by atoms with Gasteiger partial charge in [0.25, 0.3) is 5.91 Å². The molecule has 1 atom stereocenters. The molecule has 5 nitrogen and oxygen atoms in total. The average Bonchev–Trinajstić information content (AvgIpc) is 2.53. The molecule has 0 aliphatic carbocycles. The van der Waals surface area contributed by atoms with Gasteiger partial charge in [-0.3, -0.25) is 4.79 Å². The van der Waals surface area contributed by atoms with Gasteiger partial charge in [0.2, 0.25) is 0 Å². The van der Waals surface area contributed by atoms with Crippen LogP contribution in [0.15, 0.2) is 29.8 Å². The van der Waals surface area contributed by atoms with Crippen LogP contribution < -0.4 is 0 Å². The zero-order valence-corrected chi connectivity index (χ0v) is 15.7. The lowest BCUT2D eigenvalue weighted by Crippen LogP contribution is -2.47. The van der Waals surface area contributed by atoms with Crippen molar-refractivity contribution >= 4 is 18.0 Å². The molecule has 25 heavy (non-hydrogen) atoms. The Morgan fingerprint density at radius 1 is 1.08 bits per heavy atom. The van der Waals surface area contributed by atoms with E-state index >= 15 is 0 Å². The van der Waals surface area contributed by atoms with E-state index in [4.69, 9.17) is 4.74 Å². The first-order chi connectivity index (χ1) is 11.7. The monoisotopic (exact) mass is 342 g/mol. The predicted octanol–water partition coefficient (Wildman–Crippen LogP) is 3.48. The highest BCUT2D eigenvalue weighted by molar-refractivity contribution is 5.99. The molecule has 0 saturated heterocycles. The summed E-state index contributed by atoms with van der Waals surface area (Å²) in [6.07, 6.45) is 0.508. The third kappa shape index (κ3) is 5.75. The van der Waals surface area contributed by atoms with Gasteiger partial charge in [-0.25, -0.2) is 4.79 Å². The number of carbonyl (C=O) groups is 2. The summed E-state index contributed by atoms with van der Waals surface area (Å²) in [5.41, 5.74) is 1.67. The van der Waals surface area contributed by atoms with Crippen LogP contribution in [0.3, 0.4) is 0 Å². The van der Waals surface area contributed by atoms with E-state index in [0.717, 1.165) is 11.1 Å². The first kappa shape index (κ1) is 20.4. The average molecular weight is 342 g/mol. The third-order valence-corrected chi connectivity index (χ3v) is 3.73. The Kier molecular flexibility index (Phi) is 7.38. The largest absolute Gasteiger partial charge is 0.448 e. The zero-order valence-electron chi connectivity index (χ0n) is 15.7. The van der Waals surface area contributed by atoms with Crippen molar-refractivity contribution in [3.63, 3.8) is 0 Å². The van der Waals surface area contributed by atoms with Crippen LogP contribution in [0.2, 0.25) is 0 Å². The second-order valence-electron chi connectivity index (χ2n) is 6.56. The zero-order chi connectivity index (χ0) is 19.1. The van der Waals surface area contributed by atoms with E-state index in [1.165, 1.54) is 13.0 Å². The van der Waals surface area contributed by atoms with Crippen molar-refractivity contribution < 1.29 is 14.3 Å². The number of esters is 1. The summed E-state index contributed by atoms with van der Waals surface area (Å²) >= 11 is 0. The lowest BCUT2D eigenvalue weighted by molar-refractivity contribution is -0.157. The fourth-order valence-corrected chi connectivity index (χ4v) is 2.56. The van der Waals surface area contributed by atoms with Gasteiger partial charge in [-0.1, -0.05) is 29.8 Å². The minimum absolute atomic E-state index is 0.00723. The van der Waals surface area contributed by atoms with Crippen LogP contribution >= 0.6 is 0 Å². The number of benzene rings is 1. The van der Waals surface area contributed by atoms with Gasteiger partial charge in [0.1, 0.15) is 11.6 Å². The molecule has 0 heterocycles. The van der Waals surface area contributed by atoms with Crippen LogP contribution in [0, 0.1) is 18.3 Å². The van der Waals surface area contributed by atoms with E-state index in [1.807, 2.05) is 65.0 Å². The number of aryl methyl sites for hydroxylation is 1. The lowest BCUT2D eigenvalue weighted by atomic mass is 10.1. The number of nitrogens with zero attached hydrogens (tertiary/aromatic N) is 2. The maximum atomic E-state index is 12.5. The van der Waals surface area contributed by atoms with Crippen LogP contribution in [0.25, 0.3) is 6.08 Å². The molecule has 0 unspecified atom stereocenters. The summed E-state index contributed by atoms with van der Waals surface area (Å²) in [5.74, 6) is -1.07. The van der Waals surface area contributed by atoms with Gasteiger partial charge >= 0.3 is 5.97 Å². The highest BCUT2D eigenvalue weighted by Gasteiger charge is 2.28. The SMILES string of the molecule is Cc1ccc(/C=C(\C#N)C(=O)O[C@@H](C)C(=O)N(C(C)C)C(C)C)cc1. The van der Waals surface area contributed by atoms with Gasteiger partial charge in [-0.2, -0.15) is 5.26 Å². The molecule has 0 fully saturated rings. The number of rotatable bonds is 6. The summed E-state index contributed by atoms with van der Waals surface area (Å²) < 4.78 is 5.22. The molecule has 1 aromatic rings. The van der Waals surface area contributed by atoms with Crippen molar-refractivity contribution in [3.05, 3.63) is 41.0 Å². The van der Waals surface area contributed by atoms with Crippen LogP contribution in [0.1, 0.15) is 45.7 Å². The second kappa shape index (κ2) is 9.03. The van der Waals surface area contributed by atoms with Crippen molar-refractivity contribution in [1.29, 1.82) is 5.26 Å². The lowest BCUT2D eigenvalue weighted by Gasteiger charge is -2.32. The van der Waals surface area contributed by atoms with E-state index in [0.29, 0.717) is 0 Å². The molecular formula is C20H26N2O3. The fraction of sp³-hybridized carbons (Fsp3) is 0.450. The Hall–Kier alpha value is -2.61. The highest BCUT2D eigenvalue weighted by atomic mass is 16.5. The standard InChI is InChI=1S/C20H26N2O3/c1-13(2)22(14(3)4)19(23)16(6)25-20(24)18(12-21)11-17-9-7-15(5)8-10-17/h7-11,13-14,16H,1-6H3/b18-11+/t16-/m0/s1. The molecule has 0 spiro atoms. The van der Waals surface area contributed by atoms with Crippen LogP contribution in [-0.2, 0) is 14.3 Å². The second-order valence-corrected chi connectivity index (χ2v) is 6.56. The summed E-state index contributed by atoms with van der Waals surface area (Å²) in [5, 5.41) is 9.24. The number of ether oxygens (including phenoxy) is 1. The first-order valence-electron chi connectivity index (χ1n) is 8.39. The number of nitriles is 1. The molecule has 0 aliphatic rings. The molecular weight excluding hydrogens is 316 g/mol. The fourth-order valence-electron chi connectivity index (χ4n) is 2.56. The maximum absolute atomic E-state index is 12.5. The van der Waals surface area contributed by atoms with Crippen LogP contribution in [0.5, 0.6) is 0 Å². The molecule has 0 saturated carbocycles. The highest BCUT2D eigenvalue weighted by Crippen LogP contribution is 2.13. The van der Waals surface area contributed by atoms with E-state index in [2.05, 4.69) is 0 Å². The van der Waals surface area contributed by atoms with Crippen molar-refractivity contribution in [2.24, 2.45) is 0 Å². The van der Waals surface area contributed by atoms with Gasteiger partial charge in [-0.15, -0.1) is 0 Å². The van der Waals surface area contributed by atoms with Gasteiger partial charge in [0.05, 0.1) is 0 Å². The third-order valence-electron chi connectivity index (χ3n) is 3.73. The minimum Gasteiger partial charge on any atom is -0.448 e. The molecule has 1 rings (SSSR count). The van der Waals surface area contributed by atoms with Crippen molar-refractivity contribution in [1.82, 2.24) is 4.90 Å². The first-order valence-corrected chi connectivity index (χ1v) is 8.39. The molecule has 0 N–H and O–H groups in total. The van der Waals surface area contributed by atoms with Crippen LogP contribution in [0.4, 0.5) is 0 Å². The quantitative estimate of drug-likeness (QED) is 0.451. The van der Waals surface area contributed by atoms with Gasteiger partial charge in [0.15, 0.2) is 6.10 Å². The number of amides is 1. The minimum atomic E-state index is -0.952. The smallest absolute Gasteiger partial charge is 0.349 e. The van der Waals surface area contributed by atoms with Gasteiger partial charge in [-0.05, 0) is 53.2 Å². The molecule has 5 heteroatoms. The molecule has 0 bridgehead atoms. The topological polar surface area (TPSA) is 70.4 Å². The number of carbonyl (C=O) groups excluding carboxylic acids is 2. The summed E-state index contributed by atoms with van der Waals surface area (Å²) in [7, 11) is 0. The Morgan fingerprint density at radius 3 is 2.04 bits per heavy atom. The molecule has 0 aliphatic heterocycles. The van der Waals surface area contributed by atoms with E-state index in [-0.39, 0.29) is 23.6 Å². The Balaban J connectivity index is 2.89. The van der Waals surface area contributed by atoms with Crippen LogP contribution in [-0.4, -0.2) is 35.0 Å². The van der Waals surface area contributed by atoms with Crippen molar-refractivity contribution in [2.45, 2.75) is 59.7 Å². The predicted molar refractivity (Wildman–Crippen MR) is 97.4 cm³/mol. The molecule has 1 amide bonds. The van der Waals surface area contributed by atoms with Crippen molar-refractivity contribution in [2.75, 3.05) is 0 Å². The Morgan fingerprint density at radius 2 is 1.60 bits per heavy atom. The van der Waals surface area contributed by atoms with E-state index < -0.39 is 12.1 Å². The van der Waals surface area contributed by atoms with Gasteiger partial charge < -0.3 is 9.64 Å². The molecule has 134 valence electrons. The van der Waals surface area contributed by atoms with Gasteiger partial charge in [0, 0.05) is 12.1 Å². The maximum Gasteiger partial charge on any atom is 0.349 e. The summed E-state index contributed by atoms with van der Waals surface area (Å²) in [4.78, 5) is 26.4. The van der Waals surface area contributed by atoms with E-state index in [1.54, 1.807) is 4.90 Å². The van der Waals surface area contributed by atoms with E-state index in [9.17, 15) is 14.9 Å². The Labute approximate surface area is 149 Å². The number of hydrogen-bond acceptors (Lipinski definition) is 4. The molecule has 0 aromatic heterocycles. The summed E-state index contributed by atoms with van der Waals surface area (Å²) in [6.45, 7) is 11.1. The van der Waals surface area contributed by atoms with Crippen molar-refractivity contribution in [3.8, 4) is 6.07 Å². The number of hydrogen-bond donors (Lipinski definition) is 0. The Bertz CT molecular complexity index is 674. The molecule has 0 radical (unpaired) electrons.